The number of ketones is 1. The molecule has 0 heterocycles. The Kier molecular flexibility index (Phi) is 5.56. The van der Waals surface area contributed by atoms with Crippen LogP contribution in [0.2, 0.25) is 0 Å². The van der Waals surface area contributed by atoms with Crippen LogP contribution < -0.4 is 4.74 Å². The van der Waals surface area contributed by atoms with Crippen molar-refractivity contribution in [2.45, 2.75) is 33.1 Å². The van der Waals surface area contributed by atoms with Crippen LogP contribution in [0.15, 0.2) is 48.5 Å². The van der Waals surface area contributed by atoms with Crippen LogP contribution in [-0.4, -0.2) is 12.4 Å². The Balaban J connectivity index is 1.87. The van der Waals surface area contributed by atoms with Gasteiger partial charge in [0.25, 0.3) is 0 Å². The topological polar surface area (TPSA) is 26.3 Å². The van der Waals surface area contributed by atoms with Gasteiger partial charge in [-0.2, -0.15) is 0 Å². The van der Waals surface area contributed by atoms with Gasteiger partial charge in [0.1, 0.15) is 11.5 Å². The predicted molar refractivity (Wildman–Crippen MR) is 86.6 cm³/mol. The van der Waals surface area contributed by atoms with Gasteiger partial charge in [-0.1, -0.05) is 48.9 Å². The summed E-state index contributed by atoms with van der Waals surface area (Å²) in [6, 6.07) is 16.6. The number of aryl methyl sites for hydroxylation is 1. The number of carbonyl (C=O) groups is 1. The first-order valence-electron chi connectivity index (χ1n) is 7.50. The standard InChI is InChI=1S/C19H22O2/c1-3-18(20)5-4-14-21-19-12-10-17(11-13-19)16-8-6-15(2)7-9-16/h6-13H,3-5,14H2,1-2H3. The quantitative estimate of drug-likeness (QED) is 0.682. The largest absolute Gasteiger partial charge is 0.494 e. The van der Waals surface area contributed by atoms with Gasteiger partial charge in [-0.3, -0.25) is 4.79 Å². The normalized spacial score (nSPS) is 10.4. The Hall–Kier alpha value is -2.09. The molecule has 0 N–H and O–H groups in total. The van der Waals surface area contributed by atoms with Crippen LogP contribution in [0.3, 0.4) is 0 Å². The van der Waals surface area contributed by atoms with Crippen LogP contribution in [0.4, 0.5) is 0 Å². The van der Waals surface area contributed by atoms with Crippen molar-refractivity contribution in [2.75, 3.05) is 6.61 Å². The molecule has 0 aliphatic heterocycles. The highest BCUT2D eigenvalue weighted by atomic mass is 16.5. The number of rotatable bonds is 7. The van der Waals surface area contributed by atoms with Crippen molar-refractivity contribution in [1.82, 2.24) is 0 Å². The number of carbonyl (C=O) groups excluding carboxylic acids is 1. The van der Waals surface area contributed by atoms with Crippen LogP contribution in [0.1, 0.15) is 31.7 Å². The molecule has 0 aliphatic carbocycles. The minimum absolute atomic E-state index is 0.299. The van der Waals surface area contributed by atoms with Crippen LogP contribution in [0.5, 0.6) is 5.75 Å². The second-order valence-corrected chi connectivity index (χ2v) is 5.23. The van der Waals surface area contributed by atoms with Crippen molar-refractivity contribution in [3.05, 3.63) is 54.1 Å². The van der Waals surface area contributed by atoms with Crippen molar-refractivity contribution < 1.29 is 9.53 Å². The molecule has 0 fully saturated rings. The summed E-state index contributed by atoms with van der Waals surface area (Å²) in [7, 11) is 0. The molecule has 2 rings (SSSR count). The maximum Gasteiger partial charge on any atom is 0.132 e. The zero-order chi connectivity index (χ0) is 15.1. The molecule has 0 radical (unpaired) electrons. The Morgan fingerprint density at radius 2 is 1.52 bits per heavy atom. The highest BCUT2D eigenvalue weighted by Gasteiger charge is 2.00. The highest BCUT2D eigenvalue weighted by molar-refractivity contribution is 5.77. The first-order chi connectivity index (χ1) is 10.2. The maximum atomic E-state index is 11.2. The van der Waals surface area contributed by atoms with Gasteiger partial charge in [-0.25, -0.2) is 0 Å². The van der Waals surface area contributed by atoms with E-state index in [2.05, 4.69) is 43.3 Å². The second kappa shape index (κ2) is 7.63. The molecule has 2 nitrogen and oxygen atoms in total. The van der Waals surface area contributed by atoms with Crippen molar-refractivity contribution >= 4 is 5.78 Å². The molecule has 0 spiro atoms. The zero-order valence-electron chi connectivity index (χ0n) is 12.8. The highest BCUT2D eigenvalue weighted by Crippen LogP contribution is 2.22. The molecule has 0 saturated heterocycles. The van der Waals surface area contributed by atoms with Gasteiger partial charge in [0.15, 0.2) is 0 Å². The number of ether oxygens (including phenoxy) is 1. The van der Waals surface area contributed by atoms with Crippen LogP contribution in [0, 0.1) is 6.92 Å². The predicted octanol–water partition coefficient (Wildman–Crippen LogP) is 4.80. The number of Topliss-reactive ketones (excluding diaryl/α,β-unsaturated/α-hetero) is 1. The van der Waals surface area contributed by atoms with E-state index in [-0.39, 0.29) is 0 Å². The molecule has 21 heavy (non-hydrogen) atoms. The Morgan fingerprint density at radius 3 is 2.10 bits per heavy atom. The summed E-state index contributed by atoms with van der Waals surface area (Å²) in [5.74, 6) is 1.16. The fraction of sp³-hybridized carbons (Fsp3) is 0.316. The van der Waals surface area contributed by atoms with Crippen LogP contribution in [0.25, 0.3) is 11.1 Å². The minimum atomic E-state index is 0.299. The molecule has 2 heteroatoms. The third kappa shape index (κ3) is 4.75. The third-order valence-corrected chi connectivity index (χ3v) is 3.50. The Bertz CT molecular complexity index is 568. The molecular weight excluding hydrogens is 260 g/mol. The molecule has 110 valence electrons. The van der Waals surface area contributed by atoms with E-state index in [0.717, 1.165) is 12.2 Å². The summed E-state index contributed by atoms with van der Waals surface area (Å²) in [4.78, 5) is 11.2. The fourth-order valence-electron chi connectivity index (χ4n) is 2.13. The molecule has 0 aromatic heterocycles. The van der Waals surface area contributed by atoms with Crippen LogP contribution in [-0.2, 0) is 4.79 Å². The summed E-state index contributed by atoms with van der Waals surface area (Å²) in [5, 5.41) is 0. The zero-order valence-corrected chi connectivity index (χ0v) is 12.8. The molecule has 0 aliphatic rings. The monoisotopic (exact) mass is 282 g/mol. The summed E-state index contributed by atoms with van der Waals surface area (Å²) in [5.41, 5.74) is 3.66. The minimum Gasteiger partial charge on any atom is -0.494 e. The molecule has 2 aromatic carbocycles. The van der Waals surface area contributed by atoms with E-state index in [9.17, 15) is 4.79 Å². The summed E-state index contributed by atoms with van der Waals surface area (Å²) in [6.07, 6.45) is 2.01. The molecule has 0 atom stereocenters. The molecule has 0 bridgehead atoms. The number of hydrogen-bond acceptors (Lipinski definition) is 2. The van der Waals surface area contributed by atoms with E-state index < -0.39 is 0 Å². The van der Waals surface area contributed by atoms with Gasteiger partial charge < -0.3 is 4.74 Å². The summed E-state index contributed by atoms with van der Waals surface area (Å²) >= 11 is 0. The van der Waals surface area contributed by atoms with Gasteiger partial charge in [0, 0.05) is 12.8 Å². The first-order valence-corrected chi connectivity index (χ1v) is 7.50. The fourth-order valence-corrected chi connectivity index (χ4v) is 2.13. The van der Waals surface area contributed by atoms with Gasteiger partial charge >= 0.3 is 0 Å². The van der Waals surface area contributed by atoms with Gasteiger partial charge in [-0.15, -0.1) is 0 Å². The summed E-state index contributed by atoms with van der Waals surface area (Å²) in [6.45, 7) is 4.58. The second-order valence-electron chi connectivity index (χ2n) is 5.23. The lowest BCUT2D eigenvalue weighted by Gasteiger charge is -2.07. The van der Waals surface area contributed by atoms with Gasteiger partial charge in [0.2, 0.25) is 0 Å². The average molecular weight is 282 g/mol. The van der Waals surface area contributed by atoms with E-state index in [1.165, 1.54) is 16.7 Å². The molecule has 2 aromatic rings. The maximum absolute atomic E-state index is 11.2. The van der Waals surface area contributed by atoms with E-state index >= 15 is 0 Å². The average Bonchev–Trinajstić information content (AvgIpc) is 2.52. The summed E-state index contributed by atoms with van der Waals surface area (Å²) < 4.78 is 5.66. The smallest absolute Gasteiger partial charge is 0.132 e. The van der Waals surface area contributed by atoms with Crippen molar-refractivity contribution in [1.29, 1.82) is 0 Å². The van der Waals surface area contributed by atoms with E-state index in [1.54, 1.807) is 0 Å². The lowest BCUT2D eigenvalue weighted by atomic mass is 10.0. The third-order valence-electron chi connectivity index (χ3n) is 3.50. The van der Waals surface area contributed by atoms with E-state index in [1.807, 2.05) is 19.1 Å². The molecular formula is C19H22O2. The number of hydrogen-bond donors (Lipinski definition) is 0. The SMILES string of the molecule is CCC(=O)CCCOc1ccc(-c2ccc(C)cc2)cc1. The van der Waals surface area contributed by atoms with Crippen molar-refractivity contribution in [3.8, 4) is 16.9 Å². The van der Waals surface area contributed by atoms with Crippen molar-refractivity contribution in [2.24, 2.45) is 0 Å². The van der Waals surface area contributed by atoms with Crippen LogP contribution >= 0.6 is 0 Å². The van der Waals surface area contributed by atoms with Crippen molar-refractivity contribution in [3.63, 3.8) is 0 Å². The molecule has 0 unspecified atom stereocenters. The molecule has 0 amide bonds. The van der Waals surface area contributed by atoms with E-state index in [0.29, 0.717) is 25.2 Å². The number of benzene rings is 2. The Labute approximate surface area is 126 Å². The first kappa shape index (κ1) is 15.3. The lowest BCUT2D eigenvalue weighted by Crippen LogP contribution is -2.02. The lowest BCUT2D eigenvalue weighted by molar-refractivity contribution is -0.118. The molecule has 0 saturated carbocycles. The Morgan fingerprint density at radius 1 is 0.952 bits per heavy atom. The van der Waals surface area contributed by atoms with Gasteiger partial charge in [0.05, 0.1) is 6.61 Å². The van der Waals surface area contributed by atoms with E-state index in [4.69, 9.17) is 4.74 Å². The van der Waals surface area contributed by atoms with Gasteiger partial charge in [-0.05, 0) is 36.6 Å².